The monoisotopic (exact) mass is 285 g/mol. The second-order valence-electron chi connectivity index (χ2n) is 4.61. The predicted octanol–water partition coefficient (Wildman–Crippen LogP) is 2.09. The van der Waals surface area contributed by atoms with E-state index >= 15 is 0 Å². The van der Waals surface area contributed by atoms with Crippen LogP contribution in [0.4, 0.5) is 5.69 Å². The number of hydrazine groups is 1. The third-order valence-corrected chi connectivity index (χ3v) is 2.97. The molecule has 0 bridgehead atoms. The summed E-state index contributed by atoms with van der Waals surface area (Å²) in [5.74, 6) is 6.02. The van der Waals surface area contributed by atoms with Crippen molar-refractivity contribution in [2.75, 3.05) is 18.6 Å². The van der Waals surface area contributed by atoms with E-state index in [4.69, 9.17) is 10.6 Å². The van der Waals surface area contributed by atoms with Gasteiger partial charge >= 0.3 is 0 Å². The molecule has 0 heterocycles. The summed E-state index contributed by atoms with van der Waals surface area (Å²) in [6.45, 7) is 2.76. The molecule has 5 heteroatoms. The fraction of sp³-hybridized carbons (Fsp3) is 0.188. The summed E-state index contributed by atoms with van der Waals surface area (Å²) < 4.78 is 5.52. The molecule has 0 aliphatic rings. The molecule has 21 heavy (non-hydrogen) atoms. The topological polar surface area (TPSA) is 76.4 Å². The van der Waals surface area contributed by atoms with E-state index in [1.807, 2.05) is 43.3 Å². The van der Waals surface area contributed by atoms with Gasteiger partial charge in [-0.25, -0.2) is 0 Å². The van der Waals surface area contributed by atoms with Gasteiger partial charge in [0.15, 0.2) is 0 Å². The highest BCUT2D eigenvalue weighted by atomic mass is 16.5. The van der Waals surface area contributed by atoms with Crippen molar-refractivity contribution >= 4 is 11.6 Å². The Hall–Kier alpha value is -2.53. The largest absolute Gasteiger partial charge is 0.492 e. The van der Waals surface area contributed by atoms with Crippen LogP contribution in [0.3, 0.4) is 0 Å². The number of anilines is 1. The van der Waals surface area contributed by atoms with Gasteiger partial charge in [0.25, 0.3) is 5.91 Å². The van der Waals surface area contributed by atoms with Crippen LogP contribution in [0.1, 0.15) is 15.9 Å². The highest BCUT2D eigenvalue weighted by Gasteiger charge is 2.10. The Morgan fingerprint density at radius 1 is 1.19 bits per heavy atom. The minimum absolute atomic E-state index is 0.177. The maximum absolute atomic E-state index is 12.1. The summed E-state index contributed by atoms with van der Waals surface area (Å²) in [4.78, 5) is 12.1. The number of hydrogen-bond donors (Lipinski definition) is 3. The Morgan fingerprint density at radius 2 is 1.95 bits per heavy atom. The van der Waals surface area contributed by atoms with Gasteiger partial charge in [-0.3, -0.25) is 10.6 Å². The second-order valence-corrected chi connectivity index (χ2v) is 4.61. The van der Waals surface area contributed by atoms with Crippen molar-refractivity contribution in [3.8, 4) is 5.75 Å². The number of benzene rings is 2. The van der Waals surface area contributed by atoms with E-state index in [9.17, 15) is 4.79 Å². The molecule has 0 saturated heterocycles. The van der Waals surface area contributed by atoms with Crippen LogP contribution in [0.5, 0.6) is 5.75 Å². The van der Waals surface area contributed by atoms with Crippen LogP contribution < -0.4 is 21.3 Å². The molecule has 5 nitrogen and oxygen atoms in total. The average molecular weight is 285 g/mol. The minimum Gasteiger partial charge on any atom is -0.492 e. The average Bonchev–Trinajstić information content (AvgIpc) is 2.52. The standard InChI is InChI=1S/C16H19N3O2/c1-12-7-8-15(19-17)14(11-12)16(20)18-9-10-21-13-5-3-2-4-6-13/h2-8,11,19H,9-10,17H2,1H3,(H,18,20). The van der Waals surface area contributed by atoms with Crippen LogP contribution in [-0.2, 0) is 0 Å². The quantitative estimate of drug-likeness (QED) is 0.431. The maximum Gasteiger partial charge on any atom is 0.253 e. The maximum atomic E-state index is 12.1. The van der Waals surface area contributed by atoms with Crippen LogP contribution in [0.2, 0.25) is 0 Å². The summed E-state index contributed by atoms with van der Waals surface area (Å²) in [5, 5.41) is 2.81. The number of nitrogens with one attached hydrogen (secondary N) is 2. The third kappa shape index (κ3) is 4.22. The molecule has 2 aromatic carbocycles. The van der Waals surface area contributed by atoms with E-state index in [0.29, 0.717) is 24.4 Å². The number of carbonyl (C=O) groups excluding carboxylic acids is 1. The summed E-state index contributed by atoms with van der Waals surface area (Å²) in [6.07, 6.45) is 0. The zero-order valence-corrected chi connectivity index (χ0v) is 11.9. The smallest absolute Gasteiger partial charge is 0.253 e. The fourth-order valence-electron chi connectivity index (χ4n) is 1.92. The molecule has 110 valence electrons. The lowest BCUT2D eigenvalue weighted by atomic mass is 10.1. The Morgan fingerprint density at radius 3 is 2.67 bits per heavy atom. The molecule has 0 aliphatic carbocycles. The number of aryl methyl sites for hydroxylation is 1. The summed E-state index contributed by atoms with van der Waals surface area (Å²) in [7, 11) is 0. The lowest BCUT2D eigenvalue weighted by Crippen LogP contribution is -2.29. The number of carbonyl (C=O) groups is 1. The zero-order chi connectivity index (χ0) is 15.1. The van der Waals surface area contributed by atoms with E-state index < -0.39 is 0 Å². The molecule has 4 N–H and O–H groups in total. The normalized spacial score (nSPS) is 10.0. The highest BCUT2D eigenvalue weighted by molar-refractivity contribution is 5.99. The highest BCUT2D eigenvalue weighted by Crippen LogP contribution is 2.16. The van der Waals surface area contributed by atoms with Gasteiger partial charge in [-0.15, -0.1) is 0 Å². The molecule has 0 unspecified atom stereocenters. The van der Waals surface area contributed by atoms with Crippen LogP contribution in [0.25, 0.3) is 0 Å². The molecule has 0 radical (unpaired) electrons. The summed E-state index contributed by atoms with van der Waals surface area (Å²) in [5.41, 5.74) is 4.65. The van der Waals surface area contributed by atoms with Gasteiger partial charge < -0.3 is 15.5 Å². The molecule has 2 aromatic rings. The molecular weight excluding hydrogens is 266 g/mol. The number of ether oxygens (including phenoxy) is 1. The minimum atomic E-state index is -0.177. The number of nitrogens with two attached hydrogens (primary N) is 1. The van der Waals surface area contributed by atoms with Gasteiger partial charge in [0.1, 0.15) is 12.4 Å². The van der Waals surface area contributed by atoms with Gasteiger partial charge in [-0.1, -0.05) is 29.8 Å². The van der Waals surface area contributed by atoms with Gasteiger partial charge in [-0.05, 0) is 31.2 Å². The molecule has 0 aliphatic heterocycles. The number of amides is 1. The Balaban J connectivity index is 1.86. The van der Waals surface area contributed by atoms with Crippen LogP contribution in [-0.4, -0.2) is 19.1 Å². The van der Waals surface area contributed by atoms with Crippen molar-refractivity contribution in [2.24, 2.45) is 5.84 Å². The van der Waals surface area contributed by atoms with Gasteiger partial charge in [-0.2, -0.15) is 0 Å². The van der Waals surface area contributed by atoms with E-state index in [1.165, 1.54) is 0 Å². The van der Waals surface area contributed by atoms with E-state index in [0.717, 1.165) is 11.3 Å². The fourth-order valence-corrected chi connectivity index (χ4v) is 1.92. The van der Waals surface area contributed by atoms with Crippen molar-refractivity contribution in [3.63, 3.8) is 0 Å². The van der Waals surface area contributed by atoms with Crippen LogP contribution in [0, 0.1) is 6.92 Å². The predicted molar refractivity (Wildman–Crippen MR) is 83.3 cm³/mol. The van der Waals surface area contributed by atoms with Crippen molar-refractivity contribution in [1.82, 2.24) is 5.32 Å². The first kappa shape index (κ1) is 14.9. The van der Waals surface area contributed by atoms with Crippen LogP contribution >= 0.6 is 0 Å². The lowest BCUT2D eigenvalue weighted by molar-refractivity contribution is 0.0947. The van der Waals surface area contributed by atoms with Crippen molar-refractivity contribution in [2.45, 2.75) is 6.92 Å². The Bertz CT molecular complexity index is 600. The third-order valence-electron chi connectivity index (χ3n) is 2.97. The molecule has 0 spiro atoms. The summed E-state index contributed by atoms with van der Waals surface area (Å²) in [6, 6.07) is 14.9. The van der Waals surface area contributed by atoms with Gasteiger partial charge in [0.2, 0.25) is 0 Å². The van der Waals surface area contributed by atoms with Crippen molar-refractivity contribution < 1.29 is 9.53 Å². The van der Waals surface area contributed by atoms with Gasteiger partial charge in [0, 0.05) is 0 Å². The first-order valence-electron chi connectivity index (χ1n) is 6.74. The SMILES string of the molecule is Cc1ccc(NN)c(C(=O)NCCOc2ccccc2)c1. The molecule has 0 fully saturated rings. The molecule has 1 amide bonds. The lowest BCUT2D eigenvalue weighted by Gasteiger charge is -2.11. The van der Waals surface area contributed by atoms with Crippen molar-refractivity contribution in [3.05, 3.63) is 59.7 Å². The van der Waals surface area contributed by atoms with E-state index in [1.54, 1.807) is 12.1 Å². The van der Waals surface area contributed by atoms with Crippen LogP contribution in [0.15, 0.2) is 48.5 Å². The first-order valence-corrected chi connectivity index (χ1v) is 6.74. The molecule has 0 aromatic heterocycles. The molecular formula is C16H19N3O2. The molecule has 2 rings (SSSR count). The number of rotatable bonds is 6. The number of hydrogen-bond acceptors (Lipinski definition) is 4. The molecule has 0 atom stereocenters. The molecule has 0 saturated carbocycles. The number of para-hydroxylation sites is 1. The Labute approximate surface area is 124 Å². The van der Waals surface area contributed by atoms with Gasteiger partial charge in [0.05, 0.1) is 17.8 Å². The zero-order valence-electron chi connectivity index (χ0n) is 11.9. The van der Waals surface area contributed by atoms with Crippen molar-refractivity contribution in [1.29, 1.82) is 0 Å². The first-order chi connectivity index (χ1) is 10.2. The van der Waals surface area contributed by atoms with E-state index in [-0.39, 0.29) is 5.91 Å². The summed E-state index contributed by atoms with van der Waals surface area (Å²) >= 11 is 0. The van der Waals surface area contributed by atoms with E-state index in [2.05, 4.69) is 10.7 Å². The second kappa shape index (κ2) is 7.31. The Kier molecular flexibility index (Phi) is 5.17. The number of nitrogen functional groups attached to an aromatic ring is 1.